The molecule has 0 aliphatic rings. The van der Waals surface area contributed by atoms with E-state index in [-0.39, 0.29) is 6.61 Å². The molecule has 0 bridgehead atoms. The van der Waals surface area contributed by atoms with Crippen LogP contribution >= 0.6 is 22.6 Å². The highest BCUT2D eigenvalue weighted by Gasteiger charge is 2.57. The first-order valence-corrected chi connectivity index (χ1v) is 6.15. The van der Waals surface area contributed by atoms with Crippen molar-refractivity contribution in [2.45, 2.75) is 48.1 Å². The van der Waals surface area contributed by atoms with E-state index in [2.05, 4.69) is 0 Å². The lowest BCUT2D eigenvalue weighted by Gasteiger charge is -2.22. The number of rotatable bonds is 7. The van der Waals surface area contributed by atoms with E-state index < -0.39 is 22.4 Å². The molecule has 0 spiro atoms. The Balaban J connectivity index is 3.90. The van der Waals surface area contributed by atoms with Crippen molar-refractivity contribution in [1.82, 2.24) is 0 Å². The molecule has 98 valence electrons. The molecule has 1 unspecified atom stereocenters. The molecule has 1 N–H and O–H groups in total. The summed E-state index contributed by atoms with van der Waals surface area (Å²) < 4.78 is 60.0. The molecule has 0 heterocycles. The van der Waals surface area contributed by atoms with Gasteiger partial charge in [0.2, 0.25) is 0 Å². The van der Waals surface area contributed by atoms with Crippen LogP contribution in [0, 0.1) is 0 Å². The summed E-state index contributed by atoms with van der Waals surface area (Å²) in [4.78, 5) is 0. The second-order valence-corrected chi connectivity index (χ2v) is 5.34. The first-order chi connectivity index (χ1) is 7.20. The van der Waals surface area contributed by atoms with Gasteiger partial charge >= 0.3 is 12.1 Å². The molecule has 0 aromatic heterocycles. The van der Waals surface area contributed by atoms with Crippen molar-refractivity contribution in [3.05, 3.63) is 0 Å². The van der Waals surface area contributed by atoms with E-state index in [1.54, 1.807) is 22.6 Å². The normalized spacial score (nSPS) is 15.2. The molecule has 0 saturated carbocycles. The highest BCUT2D eigenvalue weighted by molar-refractivity contribution is 14.1. The zero-order chi connectivity index (χ0) is 12.8. The van der Waals surface area contributed by atoms with E-state index in [0.29, 0.717) is 25.7 Å². The van der Waals surface area contributed by atoms with Crippen LogP contribution in [0.25, 0.3) is 0 Å². The number of alkyl halides is 6. The first kappa shape index (κ1) is 16.3. The minimum absolute atomic E-state index is 0.0185. The lowest BCUT2D eigenvalue weighted by Crippen LogP contribution is -2.38. The van der Waals surface area contributed by atoms with Crippen molar-refractivity contribution < 1.29 is 27.1 Å². The minimum atomic E-state index is -5.46. The summed E-state index contributed by atoms with van der Waals surface area (Å²) in [6.45, 7) is 0.0185. The minimum Gasteiger partial charge on any atom is -0.396 e. The average molecular weight is 360 g/mol. The molecule has 0 aromatic rings. The van der Waals surface area contributed by atoms with Crippen LogP contribution in [0.4, 0.5) is 22.0 Å². The van der Waals surface area contributed by atoms with Gasteiger partial charge in [-0.3, -0.25) is 0 Å². The van der Waals surface area contributed by atoms with Crippen LogP contribution in [-0.4, -0.2) is 27.7 Å². The second-order valence-electron chi connectivity index (χ2n) is 3.58. The monoisotopic (exact) mass is 360 g/mol. The van der Waals surface area contributed by atoms with Gasteiger partial charge in [-0.25, -0.2) is 0 Å². The Morgan fingerprint density at radius 3 is 2.00 bits per heavy atom. The fraction of sp³-hybridized carbons (Fsp3) is 1.00. The zero-order valence-electron chi connectivity index (χ0n) is 8.53. The Kier molecular flexibility index (Phi) is 7.07. The van der Waals surface area contributed by atoms with Gasteiger partial charge in [0, 0.05) is 17.0 Å². The Bertz CT molecular complexity index is 195. The highest BCUT2D eigenvalue weighted by atomic mass is 127. The molecular weight excluding hydrogens is 346 g/mol. The molecule has 0 fully saturated rings. The third kappa shape index (κ3) is 6.17. The van der Waals surface area contributed by atoms with Gasteiger partial charge in [0.05, 0.1) is 0 Å². The molecule has 0 aliphatic carbocycles. The van der Waals surface area contributed by atoms with Gasteiger partial charge in [0.25, 0.3) is 0 Å². The summed E-state index contributed by atoms with van der Waals surface area (Å²) in [5, 5.41) is 8.45. The maximum Gasteiger partial charge on any atom is 0.453 e. The smallest absolute Gasteiger partial charge is 0.396 e. The van der Waals surface area contributed by atoms with Gasteiger partial charge in [0.1, 0.15) is 0 Å². The summed E-state index contributed by atoms with van der Waals surface area (Å²) in [5.41, 5.74) is 0. The van der Waals surface area contributed by atoms with E-state index in [1.807, 2.05) is 0 Å². The molecule has 0 radical (unpaired) electrons. The highest BCUT2D eigenvalue weighted by Crippen LogP contribution is 2.40. The van der Waals surface area contributed by atoms with Crippen molar-refractivity contribution in [3.63, 3.8) is 0 Å². The third-order valence-corrected chi connectivity index (χ3v) is 3.13. The largest absolute Gasteiger partial charge is 0.453 e. The Hall–Kier alpha value is 0.340. The van der Waals surface area contributed by atoms with Crippen LogP contribution in [-0.2, 0) is 0 Å². The van der Waals surface area contributed by atoms with Crippen molar-refractivity contribution in [2.75, 3.05) is 6.61 Å². The lowest BCUT2D eigenvalue weighted by molar-refractivity contribution is -0.283. The van der Waals surface area contributed by atoms with E-state index in [1.165, 1.54) is 0 Å². The van der Waals surface area contributed by atoms with Crippen LogP contribution in [0.5, 0.6) is 0 Å². The van der Waals surface area contributed by atoms with E-state index in [0.717, 1.165) is 0 Å². The molecule has 0 rings (SSSR count). The molecule has 1 nitrogen and oxygen atoms in total. The van der Waals surface area contributed by atoms with Crippen LogP contribution in [0.1, 0.15) is 32.1 Å². The van der Waals surface area contributed by atoms with Crippen LogP contribution < -0.4 is 0 Å². The quantitative estimate of drug-likeness (QED) is 0.316. The van der Waals surface area contributed by atoms with Gasteiger partial charge < -0.3 is 5.11 Å². The molecule has 7 heteroatoms. The second kappa shape index (κ2) is 6.93. The number of aliphatic hydroxyl groups is 1. The van der Waals surface area contributed by atoms with E-state index >= 15 is 0 Å². The van der Waals surface area contributed by atoms with Crippen molar-refractivity contribution in [2.24, 2.45) is 0 Å². The number of unbranched alkanes of at least 4 members (excludes halogenated alkanes) is 2. The fourth-order valence-corrected chi connectivity index (χ4v) is 2.14. The summed E-state index contributed by atoms with van der Waals surface area (Å²) in [5.74, 6) is -4.60. The summed E-state index contributed by atoms with van der Waals surface area (Å²) in [6.07, 6.45) is -4.56. The average Bonchev–Trinajstić information content (AvgIpc) is 2.10. The fourth-order valence-electron chi connectivity index (χ4n) is 1.15. The number of hydrogen-bond acceptors (Lipinski definition) is 1. The van der Waals surface area contributed by atoms with Crippen molar-refractivity contribution >= 4 is 22.6 Å². The van der Waals surface area contributed by atoms with Crippen LogP contribution in [0.15, 0.2) is 0 Å². The SMILES string of the molecule is OCCCCCC(I)CC(F)(F)C(F)(F)F. The van der Waals surface area contributed by atoms with Gasteiger partial charge in [-0.05, 0) is 12.8 Å². The summed E-state index contributed by atoms with van der Waals surface area (Å²) in [7, 11) is 0. The lowest BCUT2D eigenvalue weighted by atomic mass is 10.1. The maximum absolute atomic E-state index is 12.6. The van der Waals surface area contributed by atoms with E-state index in [9.17, 15) is 22.0 Å². The van der Waals surface area contributed by atoms with Gasteiger partial charge in [-0.2, -0.15) is 22.0 Å². The third-order valence-electron chi connectivity index (χ3n) is 2.07. The number of hydrogen-bond donors (Lipinski definition) is 1. The molecule has 0 aromatic carbocycles. The topological polar surface area (TPSA) is 20.2 Å². The first-order valence-electron chi connectivity index (χ1n) is 4.90. The van der Waals surface area contributed by atoms with Crippen LogP contribution in [0.3, 0.4) is 0 Å². The van der Waals surface area contributed by atoms with Crippen molar-refractivity contribution in [1.29, 1.82) is 0 Å². The standard InChI is InChI=1S/C9H14F5IO/c10-8(11,9(12,13)14)6-7(15)4-2-1-3-5-16/h7,16H,1-6H2. The number of aliphatic hydroxyl groups excluding tert-OH is 1. The van der Waals surface area contributed by atoms with Gasteiger partial charge in [-0.15, -0.1) is 0 Å². The molecule has 0 aliphatic heterocycles. The summed E-state index contributed by atoms with van der Waals surface area (Å²) in [6, 6.07) is 0. The molecule has 0 saturated heterocycles. The molecule has 1 atom stereocenters. The molecule has 16 heavy (non-hydrogen) atoms. The van der Waals surface area contributed by atoms with Gasteiger partial charge in [0.15, 0.2) is 0 Å². The van der Waals surface area contributed by atoms with E-state index in [4.69, 9.17) is 5.11 Å². The Morgan fingerprint density at radius 1 is 1.00 bits per heavy atom. The predicted octanol–water partition coefficient (Wildman–Crippen LogP) is 3.93. The van der Waals surface area contributed by atoms with Gasteiger partial charge in [-0.1, -0.05) is 35.4 Å². The Morgan fingerprint density at radius 2 is 1.56 bits per heavy atom. The summed E-state index contributed by atoms with van der Waals surface area (Å²) >= 11 is 1.62. The molecular formula is C9H14F5IO. The van der Waals surface area contributed by atoms with Crippen molar-refractivity contribution in [3.8, 4) is 0 Å². The number of halogens is 6. The molecule has 0 amide bonds. The van der Waals surface area contributed by atoms with Crippen LogP contribution in [0.2, 0.25) is 0 Å². The predicted molar refractivity (Wildman–Crippen MR) is 59.0 cm³/mol. The zero-order valence-corrected chi connectivity index (χ0v) is 10.7. The maximum atomic E-state index is 12.6. The Labute approximate surface area is 105 Å².